The third-order valence-corrected chi connectivity index (χ3v) is 9.06. The van der Waals surface area contributed by atoms with Crippen molar-refractivity contribution >= 4 is 35.5 Å². The molecule has 0 unspecified atom stereocenters. The molecule has 5 amide bonds. The van der Waals surface area contributed by atoms with Gasteiger partial charge in [-0.05, 0) is 49.0 Å². The van der Waals surface area contributed by atoms with E-state index in [1.165, 1.54) is 14.7 Å². The molecule has 48 heavy (non-hydrogen) atoms. The number of cyclic esters (lactones) is 1. The van der Waals surface area contributed by atoms with Crippen LogP contribution in [0.4, 0.5) is 0 Å². The minimum Gasteiger partial charge on any atom is -0.452 e. The van der Waals surface area contributed by atoms with Crippen molar-refractivity contribution in [2.75, 3.05) is 27.2 Å². The van der Waals surface area contributed by atoms with E-state index >= 15 is 0 Å². The van der Waals surface area contributed by atoms with Crippen molar-refractivity contribution in [1.29, 1.82) is 0 Å². The van der Waals surface area contributed by atoms with Gasteiger partial charge in [0.15, 0.2) is 6.10 Å². The van der Waals surface area contributed by atoms with Crippen LogP contribution in [0.15, 0.2) is 30.3 Å². The topological polar surface area (TPSA) is 145 Å². The zero-order chi connectivity index (χ0) is 35.7. The Morgan fingerprint density at radius 3 is 2.06 bits per heavy atom. The molecule has 1 aromatic rings. The molecule has 1 aromatic carbocycles. The van der Waals surface area contributed by atoms with E-state index in [1.54, 1.807) is 14.1 Å². The second-order valence-corrected chi connectivity index (χ2v) is 14.3. The van der Waals surface area contributed by atoms with E-state index in [2.05, 4.69) is 10.6 Å². The lowest BCUT2D eigenvalue weighted by molar-refractivity contribution is -0.162. The molecule has 266 valence electrons. The number of ether oxygens (including phenoxy) is 1. The molecule has 3 rings (SSSR count). The molecule has 0 saturated carbocycles. The summed E-state index contributed by atoms with van der Waals surface area (Å²) in [4.78, 5) is 86.9. The fourth-order valence-corrected chi connectivity index (χ4v) is 6.59. The number of esters is 1. The second-order valence-electron chi connectivity index (χ2n) is 14.3. The quantitative estimate of drug-likeness (QED) is 0.425. The van der Waals surface area contributed by atoms with Crippen LogP contribution in [0.1, 0.15) is 79.2 Å². The molecule has 0 bridgehead atoms. The number of carbonyl (C=O) groups is 6. The first-order valence-corrected chi connectivity index (χ1v) is 17.3. The molecule has 12 nitrogen and oxygen atoms in total. The summed E-state index contributed by atoms with van der Waals surface area (Å²) in [6.45, 7) is 11.7. The zero-order valence-electron chi connectivity index (χ0n) is 29.9. The maximum Gasteiger partial charge on any atom is 0.308 e. The SMILES string of the molecule is CC(C)C[C@@H]1OC(=O)CCNC(=O)[C@H](CC(C)C)N(C)C(=O)[C@H](C(C)C)N(C)C(=O)[C@H](Cc2ccccc2)NC(=O)[C@@H]2CCCN2C1=O. The number of rotatable bonds is 7. The van der Waals surface area contributed by atoms with Crippen LogP contribution in [-0.2, 0) is 39.9 Å². The standard InChI is InChI=1S/C36H55N5O7/c1-22(2)19-28-32(43)37-17-16-30(42)48-29(20-23(3)4)35(46)41-18-12-15-27(41)33(44)38-26(21-25-13-10-9-11-14-25)34(45)40(8)31(24(5)6)36(47)39(28)7/h9-11,13-14,22-24,26-29,31H,12,15-21H2,1-8H3,(H,37,43)(H,38,44)/t26-,27-,28-,29-,31-/m0/s1. The van der Waals surface area contributed by atoms with E-state index in [4.69, 9.17) is 4.74 Å². The highest BCUT2D eigenvalue weighted by Crippen LogP contribution is 2.24. The second kappa shape index (κ2) is 17.4. The van der Waals surface area contributed by atoms with Gasteiger partial charge in [0.2, 0.25) is 23.6 Å². The van der Waals surface area contributed by atoms with E-state index in [1.807, 2.05) is 71.9 Å². The van der Waals surface area contributed by atoms with E-state index in [0.29, 0.717) is 25.8 Å². The van der Waals surface area contributed by atoms with Crippen molar-refractivity contribution in [2.24, 2.45) is 17.8 Å². The summed E-state index contributed by atoms with van der Waals surface area (Å²) in [5.74, 6) is -3.12. The number of nitrogens with zero attached hydrogens (tertiary/aromatic N) is 3. The highest BCUT2D eigenvalue weighted by molar-refractivity contribution is 5.96. The molecule has 5 atom stereocenters. The number of carbonyl (C=O) groups excluding carboxylic acids is 6. The Balaban J connectivity index is 2.08. The Hall–Kier alpha value is -3.96. The van der Waals surface area contributed by atoms with Gasteiger partial charge in [0.25, 0.3) is 5.91 Å². The zero-order valence-corrected chi connectivity index (χ0v) is 29.9. The van der Waals surface area contributed by atoms with Gasteiger partial charge in [-0.25, -0.2) is 0 Å². The van der Waals surface area contributed by atoms with Crippen LogP contribution in [-0.4, -0.2) is 108 Å². The lowest BCUT2D eigenvalue weighted by Crippen LogP contribution is -2.60. The molecular weight excluding hydrogens is 614 g/mol. The van der Waals surface area contributed by atoms with Crippen LogP contribution in [0.3, 0.4) is 0 Å². The van der Waals surface area contributed by atoms with E-state index < -0.39 is 65.8 Å². The lowest BCUT2D eigenvalue weighted by Gasteiger charge is -2.38. The number of benzene rings is 1. The Bertz CT molecular complexity index is 1300. The van der Waals surface area contributed by atoms with Crippen molar-refractivity contribution < 1.29 is 33.5 Å². The van der Waals surface area contributed by atoms with Crippen molar-refractivity contribution in [3.63, 3.8) is 0 Å². The van der Waals surface area contributed by atoms with Crippen LogP contribution >= 0.6 is 0 Å². The predicted octanol–water partition coefficient (Wildman–Crippen LogP) is 2.54. The molecule has 2 aliphatic heterocycles. The van der Waals surface area contributed by atoms with Gasteiger partial charge in [0, 0.05) is 33.6 Å². The van der Waals surface area contributed by atoms with Crippen LogP contribution in [0.2, 0.25) is 0 Å². The summed E-state index contributed by atoms with van der Waals surface area (Å²) in [7, 11) is 3.10. The fourth-order valence-electron chi connectivity index (χ4n) is 6.59. The molecule has 2 N–H and O–H groups in total. The van der Waals surface area contributed by atoms with E-state index in [0.717, 1.165) is 5.56 Å². The Kier molecular flexibility index (Phi) is 14.0. The molecule has 0 spiro atoms. The van der Waals surface area contributed by atoms with Gasteiger partial charge >= 0.3 is 5.97 Å². The van der Waals surface area contributed by atoms with E-state index in [9.17, 15) is 28.8 Å². The first kappa shape index (κ1) is 38.5. The summed E-state index contributed by atoms with van der Waals surface area (Å²) >= 11 is 0. The van der Waals surface area contributed by atoms with Crippen LogP contribution in [0, 0.1) is 17.8 Å². The summed E-state index contributed by atoms with van der Waals surface area (Å²) in [6.07, 6.45) is 0.485. The summed E-state index contributed by atoms with van der Waals surface area (Å²) in [5.41, 5.74) is 0.810. The number of hydrogen-bond donors (Lipinski definition) is 2. The molecule has 0 aliphatic carbocycles. The van der Waals surface area contributed by atoms with E-state index in [-0.39, 0.29) is 43.6 Å². The van der Waals surface area contributed by atoms with Crippen molar-refractivity contribution in [3.8, 4) is 0 Å². The number of amides is 5. The average molecular weight is 670 g/mol. The molecule has 2 saturated heterocycles. The number of likely N-dealkylation sites (N-methyl/N-ethyl adjacent to an activating group) is 2. The normalized spacial score (nSPS) is 25.9. The maximum atomic E-state index is 14.3. The molecule has 0 radical (unpaired) electrons. The number of nitrogens with one attached hydrogen (secondary N) is 2. The Morgan fingerprint density at radius 2 is 1.46 bits per heavy atom. The van der Waals surface area contributed by atoms with Crippen molar-refractivity contribution in [1.82, 2.24) is 25.3 Å². The average Bonchev–Trinajstić information content (AvgIpc) is 3.52. The minimum atomic E-state index is -1.10. The largest absolute Gasteiger partial charge is 0.452 e. The minimum absolute atomic E-state index is 0.0186. The fraction of sp³-hybridized carbons (Fsp3) is 0.667. The van der Waals surface area contributed by atoms with Crippen LogP contribution < -0.4 is 10.6 Å². The monoisotopic (exact) mass is 669 g/mol. The van der Waals surface area contributed by atoms with Gasteiger partial charge in [-0.15, -0.1) is 0 Å². The number of hydrogen-bond acceptors (Lipinski definition) is 7. The van der Waals surface area contributed by atoms with Crippen molar-refractivity contribution in [3.05, 3.63) is 35.9 Å². The smallest absolute Gasteiger partial charge is 0.308 e. The highest BCUT2D eigenvalue weighted by atomic mass is 16.5. The molecule has 2 heterocycles. The predicted molar refractivity (Wildman–Crippen MR) is 181 cm³/mol. The Morgan fingerprint density at radius 1 is 0.812 bits per heavy atom. The maximum absolute atomic E-state index is 14.3. The van der Waals surface area contributed by atoms with Gasteiger partial charge in [-0.1, -0.05) is 71.9 Å². The third-order valence-electron chi connectivity index (χ3n) is 9.06. The molecule has 2 fully saturated rings. The first-order valence-electron chi connectivity index (χ1n) is 17.3. The van der Waals surface area contributed by atoms with Gasteiger partial charge in [-0.3, -0.25) is 28.8 Å². The third kappa shape index (κ3) is 10.0. The lowest BCUT2D eigenvalue weighted by atomic mass is 9.96. The van der Waals surface area contributed by atoms with Crippen molar-refractivity contribution in [2.45, 2.75) is 110 Å². The summed E-state index contributed by atoms with van der Waals surface area (Å²) in [6, 6.07) is 5.59. The highest BCUT2D eigenvalue weighted by Gasteiger charge is 2.42. The first-order chi connectivity index (χ1) is 22.6. The van der Waals surface area contributed by atoms with Gasteiger partial charge in [0.1, 0.15) is 24.2 Å². The molecule has 0 aromatic heterocycles. The molecular formula is C36H55N5O7. The number of fused-ring (bicyclic) bond motifs is 1. The summed E-state index contributed by atoms with van der Waals surface area (Å²) in [5, 5.41) is 5.70. The van der Waals surface area contributed by atoms with Crippen LogP contribution in [0.5, 0.6) is 0 Å². The molecule has 12 heteroatoms. The van der Waals surface area contributed by atoms with Gasteiger partial charge in [-0.2, -0.15) is 0 Å². The Labute approximate surface area is 285 Å². The van der Waals surface area contributed by atoms with Gasteiger partial charge < -0.3 is 30.1 Å². The van der Waals surface area contributed by atoms with Gasteiger partial charge in [0.05, 0.1) is 6.42 Å². The molecule has 2 aliphatic rings. The summed E-state index contributed by atoms with van der Waals surface area (Å²) < 4.78 is 5.68. The van der Waals surface area contributed by atoms with Crippen LogP contribution in [0.25, 0.3) is 0 Å².